The van der Waals surface area contributed by atoms with Crippen LogP contribution in [-0.2, 0) is 9.47 Å². The van der Waals surface area contributed by atoms with Crippen LogP contribution in [0.3, 0.4) is 0 Å². The number of rotatable bonds is 7. The lowest BCUT2D eigenvalue weighted by Gasteiger charge is -2.16. The maximum Gasteiger partial charge on any atom is 0.166 e. The van der Waals surface area contributed by atoms with E-state index in [4.69, 9.17) is 9.47 Å². The van der Waals surface area contributed by atoms with E-state index in [1.807, 2.05) is 19.2 Å². The van der Waals surface area contributed by atoms with Crippen molar-refractivity contribution in [2.75, 3.05) is 19.0 Å². The van der Waals surface area contributed by atoms with Crippen LogP contribution in [0.2, 0.25) is 0 Å². The molecular formula is C20H20Br2F2O2S2. The Morgan fingerprint density at radius 2 is 1.68 bits per heavy atom. The van der Waals surface area contributed by atoms with Crippen LogP contribution in [0.1, 0.15) is 13.8 Å². The Morgan fingerprint density at radius 1 is 1.00 bits per heavy atom. The summed E-state index contributed by atoms with van der Waals surface area (Å²) in [4.78, 5) is 0.856. The van der Waals surface area contributed by atoms with Gasteiger partial charge in [-0.1, -0.05) is 0 Å². The third-order valence-corrected chi connectivity index (χ3v) is 7.40. The van der Waals surface area contributed by atoms with E-state index in [0.717, 1.165) is 18.5 Å². The Balaban J connectivity index is 0.000000218. The summed E-state index contributed by atoms with van der Waals surface area (Å²) in [6, 6.07) is 9.63. The molecule has 28 heavy (non-hydrogen) atoms. The maximum absolute atomic E-state index is 13.1. The van der Waals surface area contributed by atoms with Gasteiger partial charge in [-0.2, -0.15) is 0 Å². The van der Waals surface area contributed by atoms with Crippen molar-refractivity contribution in [3.63, 3.8) is 0 Å². The van der Waals surface area contributed by atoms with Crippen LogP contribution in [0.15, 0.2) is 55.6 Å². The SMILES string of the molecule is CCOC(CSc1cc(F)ccc1Br)OCC.Fc1ccc(Br)c2sccc12. The monoisotopic (exact) mass is 552 g/mol. The number of benzene rings is 2. The molecule has 3 rings (SSSR count). The normalized spacial score (nSPS) is 11.0. The Labute approximate surface area is 188 Å². The van der Waals surface area contributed by atoms with Crippen molar-refractivity contribution >= 4 is 65.0 Å². The molecule has 0 radical (unpaired) electrons. The van der Waals surface area contributed by atoms with E-state index in [0.29, 0.717) is 24.4 Å². The highest BCUT2D eigenvalue weighted by atomic mass is 79.9. The van der Waals surface area contributed by atoms with E-state index < -0.39 is 0 Å². The molecule has 0 fully saturated rings. The van der Waals surface area contributed by atoms with E-state index in [1.165, 1.54) is 30.0 Å². The molecule has 0 unspecified atom stereocenters. The zero-order valence-electron chi connectivity index (χ0n) is 15.4. The Kier molecular flexibility index (Phi) is 10.4. The van der Waals surface area contributed by atoms with E-state index in [9.17, 15) is 8.78 Å². The van der Waals surface area contributed by atoms with E-state index in [2.05, 4.69) is 31.9 Å². The van der Waals surface area contributed by atoms with Gasteiger partial charge in [0.2, 0.25) is 0 Å². The molecule has 2 aromatic carbocycles. The molecule has 0 aliphatic carbocycles. The summed E-state index contributed by atoms with van der Waals surface area (Å²) >= 11 is 9.80. The number of fused-ring (bicyclic) bond motifs is 1. The molecule has 0 aliphatic rings. The fourth-order valence-corrected chi connectivity index (χ4v) is 5.20. The highest BCUT2D eigenvalue weighted by molar-refractivity contribution is 9.11. The lowest BCUT2D eigenvalue weighted by molar-refractivity contribution is -0.120. The molecule has 0 N–H and O–H groups in total. The van der Waals surface area contributed by atoms with Crippen molar-refractivity contribution in [3.05, 3.63) is 62.4 Å². The zero-order valence-corrected chi connectivity index (χ0v) is 20.2. The molecule has 1 heterocycles. The summed E-state index contributed by atoms with van der Waals surface area (Å²) in [5.74, 6) is 0.258. The van der Waals surface area contributed by atoms with Crippen molar-refractivity contribution in [1.82, 2.24) is 0 Å². The van der Waals surface area contributed by atoms with E-state index in [-0.39, 0.29) is 17.9 Å². The second-order valence-corrected chi connectivity index (χ2v) is 9.11. The van der Waals surface area contributed by atoms with Crippen LogP contribution in [0.5, 0.6) is 0 Å². The maximum atomic E-state index is 13.1. The minimum Gasteiger partial charge on any atom is -0.352 e. The average molecular weight is 554 g/mol. The Morgan fingerprint density at radius 3 is 2.32 bits per heavy atom. The van der Waals surface area contributed by atoms with Gasteiger partial charge in [0.15, 0.2) is 6.29 Å². The molecule has 0 saturated carbocycles. The summed E-state index contributed by atoms with van der Waals surface area (Å²) < 4.78 is 39.7. The van der Waals surface area contributed by atoms with Gasteiger partial charge in [0, 0.05) is 38.2 Å². The second-order valence-electron chi connectivity index (χ2n) is 5.42. The third kappa shape index (κ3) is 7.07. The van der Waals surface area contributed by atoms with Crippen LogP contribution in [0.25, 0.3) is 10.1 Å². The molecule has 8 heteroatoms. The predicted octanol–water partition coefficient (Wildman–Crippen LogP) is 7.88. The molecule has 0 saturated heterocycles. The second kappa shape index (κ2) is 12.2. The molecule has 2 nitrogen and oxygen atoms in total. The highest BCUT2D eigenvalue weighted by Crippen LogP contribution is 2.30. The number of hydrogen-bond donors (Lipinski definition) is 0. The Hall–Kier alpha value is -0.510. The van der Waals surface area contributed by atoms with Crippen molar-refractivity contribution in [2.24, 2.45) is 0 Å². The minimum atomic E-state index is -0.245. The number of halogens is 4. The van der Waals surface area contributed by atoms with Crippen molar-refractivity contribution in [1.29, 1.82) is 0 Å². The first kappa shape index (κ1) is 23.8. The summed E-state index contributed by atoms with van der Waals surface area (Å²) in [5, 5.41) is 2.59. The van der Waals surface area contributed by atoms with Gasteiger partial charge in [0.25, 0.3) is 0 Å². The number of thiophene rings is 1. The highest BCUT2D eigenvalue weighted by Gasteiger charge is 2.10. The van der Waals surface area contributed by atoms with Crippen molar-refractivity contribution < 1.29 is 18.3 Å². The van der Waals surface area contributed by atoms with E-state index in [1.54, 1.807) is 29.5 Å². The first-order valence-corrected chi connectivity index (χ1v) is 12.0. The quantitative estimate of drug-likeness (QED) is 0.219. The summed E-state index contributed by atoms with van der Waals surface area (Å²) in [5.41, 5.74) is 0. The first-order chi connectivity index (χ1) is 13.5. The van der Waals surface area contributed by atoms with Gasteiger partial charge in [-0.15, -0.1) is 23.1 Å². The van der Waals surface area contributed by atoms with Gasteiger partial charge >= 0.3 is 0 Å². The van der Waals surface area contributed by atoms with Gasteiger partial charge in [0.1, 0.15) is 11.6 Å². The summed E-state index contributed by atoms with van der Waals surface area (Å²) in [6.45, 7) is 5.06. The zero-order chi connectivity index (χ0) is 20.5. The van der Waals surface area contributed by atoms with Crippen molar-refractivity contribution in [3.8, 4) is 0 Å². The molecule has 0 bridgehead atoms. The fourth-order valence-electron chi connectivity index (χ4n) is 2.26. The molecular weight excluding hydrogens is 534 g/mol. The molecule has 1 aromatic heterocycles. The fraction of sp³-hybridized carbons (Fsp3) is 0.300. The molecule has 152 valence electrons. The smallest absolute Gasteiger partial charge is 0.166 e. The average Bonchev–Trinajstić information content (AvgIpc) is 3.17. The molecule has 3 aromatic rings. The first-order valence-electron chi connectivity index (χ1n) is 8.58. The molecule has 0 spiro atoms. The van der Waals surface area contributed by atoms with E-state index >= 15 is 0 Å². The van der Waals surface area contributed by atoms with Crippen molar-refractivity contribution in [2.45, 2.75) is 25.0 Å². The lowest BCUT2D eigenvalue weighted by atomic mass is 10.2. The van der Waals surface area contributed by atoms with Gasteiger partial charge < -0.3 is 9.47 Å². The largest absolute Gasteiger partial charge is 0.352 e. The predicted molar refractivity (Wildman–Crippen MR) is 121 cm³/mol. The lowest BCUT2D eigenvalue weighted by Crippen LogP contribution is -2.19. The van der Waals surface area contributed by atoms with Gasteiger partial charge in [-0.3, -0.25) is 0 Å². The van der Waals surface area contributed by atoms with Gasteiger partial charge in [-0.05, 0) is 87.5 Å². The number of thioether (sulfide) groups is 1. The van der Waals surface area contributed by atoms with Crippen LogP contribution in [0.4, 0.5) is 8.78 Å². The van der Waals surface area contributed by atoms with Crippen LogP contribution in [0, 0.1) is 11.6 Å². The van der Waals surface area contributed by atoms with Crippen LogP contribution < -0.4 is 0 Å². The van der Waals surface area contributed by atoms with Gasteiger partial charge in [0.05, 0.1) is 4.70 Å². The van der Waals surface area contributed by atoms with Crippen LogP contribution in [-0.4, -0.2) is 25.3 Å². The van der Waals surface area contributed by atoms with Gasteiger partial charge in [-0.25, -0.2) is 8.78 Å². The number of ether oxygens (including phenoxy) is 2. The Bertz CT molecular complexity index is 848. The number of hydrogen-bond acceptors (Lipinski definition) is 4. The standard InChI is InChI=1S/C12H16BrFO2S.C8H4BrFS/c1-3-15-12(16-4-2)8-17-11-7-9(14)5-6-10(11)13;9-6-1-2-7(10)5-3-4-11-8(5)6/h5-7,12H,3-4,8H2,1-2H3;1-4H. The minimum absolute atomic E-state index is 0.149. The van der Waals surface area contributed by atoms with Crippen LogP contribution >= 0.6 is 55.0 Å². The summed E-state index contributed by atoms with van der Waals surface area (Å²) in [6.07, 6.45) is -0.245. The molecule has 0 amide bonds. The topological polar surface area (TPSA) is 18.5 Å². The molecule has 0 aliphatic heterocycles. The summed E-state index contributed by atoms with van der Waals surface area (Å²) in [7, 11) is 0. The third-order valence-electron chi connectivity index (χ3n) is 3.49. The molecule has 0 atom stereocenters.